The third-order valence-corrected chi connectivity index (χ3v) is 5.77. The van der Waals surface area contributed by atoms with Gasteiger partial charge < -0.3 is 4.74 Å². The van der Waals surface area contributed by atoms with Gasteiger partial charge in [-0.05, 0) is 36.4 Å². The predicted octanol–water partition coefficient (Wildman–Crippen LogP) is 5.98. The lowest BCUT2D eigenvalue weighted by Crippen LogP contribution is -2.19. The second-order valence-corrected chi connectivity index (χ2v) is 8.13. The number of rotatable bonds is 7. The maximum absolute atomic E-state index is 12.1. The number of carbonyl (C=O) groups excluding carboxylic acids is 1. The van der Waals surface area contributed by atoms with Crippen LogP contribution in [0.1, 0.15) is 0 Å². The van der Waals surface area contributed by atoms with Gasteiger partial charge in [0.25, 0.3) is 5.91 Å². The Morgan fingerprint density at radius 1 is 0.897 bits per heavy atom. The van der Waals surface area contributed by atoms with Gasteiger partial charge in [0.1, 0.15) is 5.75 Å². The summed E-state index contributed by atoms with van der Waals surface area (Å²) in [5, 5.41) is 5.28. The van der Waals surface area contributed by atoms with Gasteiger partial charge in [-0.1, -0.05) is 60.3 Å². The number of anilines is 1. The van der Waals surface area contributed by atoms with Crippen molar-refractivity contribution in [2.24, 2.45) is 0 Å². The normalized spacial score (nSPS) is 10.5. The number of hydrogen-bond donors (Lipinski definition) is 1. The topological polar surface area (TPSA) is 51.2 Å². The molecule has 0 saturated heterocycles. The van der Waals surface area contributed by atoms with Crippen LogP contribution in [0.15, 0.2) is 100 Å². The average molecular weight is 419 g/mol. The number of aromatic nitrogens is 1. The summed E-state index contributed by atoms with van der Waals surface area (Å²) in [4.78, 5) is 19.0. The van der Waals surface area contributed by atoms with Gasteiger partial charge in [-0.15, -0.1) is 11.3 Å². The van der Waals surface area contributed by atoms with E-state index in [9.17, 15) is 4.79 Å². The second-order valence-electron chi connectivity index (χ2n) is 6.13. The van der Waals surface area contributed by atoms with Crippen molar-refractivity contribution in [1.29, 1.82) is 0 Å². The Morgan fingerprint density at radius 3 is 2.28 bits per heavy atom. The van der Waals surface area contributed by atoms with Crippen LogP contribution in [0.5, 0.6) is 5.75 Å². The summed E-state index contributed by atoms with van der Waals surface area (Å²) in [5.74, 6) is 0.431. The molecule has 0 fully saturated rings. The van der Waals surface area contributed by atoms with Crippen LogP contribution >= 0.6 is 23.1 Å². The number of carbonyl (C=O) groups is 1. The zero-order chi connectivity index (χ0) is 19.9. The van der Waals surface area contributed by atoms with Crippen LogP contribution in [0.3, 0.4) is 0 Å². The van der Waals surface area contributed by atoms with Crippen LogP contribution < -0.4 is 10.1 Å². The summed E-state index contributed by atoms with van der Waals surface area (Å²) in [6.07, 6.45) is 0. The fourth-order valence-corrected chi connectivity index (χ4v) is 4.18. The first-order chi connectivity index (χ1) is 14.3. The molecule has 4 rings (SSSR count). The highest BCUT2D eigenvalue weighted by Crippen LogP contribution is 2.30. The zero-order valence-electron chi connectivity index (χ0n) is 15.4. The van der Waals surface area contributed by atoms with Gasteiger partial charge in [-0.3, -0.25) is 10.1 Å². The van der Waals surface area contributed by atoms with Crippen LogP contribution in [0.25, 0.3) is 11.3 Å². The summed E-state index contributed by atoms with van der Waals surface area (Å²) in [5.41, 5.74) is 1.85. The van der Waals surface area contributed by atoms with Crippen LogP contribution in [0.2, 0.25) is 0 Å². The minimum absolute atomic E-state index is 0.0513. The molecule has 3 aromatic carbocycles. The van der Waals surface area contributed by atoms with Gasteiger partial charge in [0.05, 0.1) is 5.69 Å². The summed E-state index contributed by atoms with van der Waals surface area (Å²) >= 11 is 3.12. The fraction of sp³-hybridized carbons (Fsp3) is 0.0435. The van der Waals surface area contributed by atoms with E-state index in [2.05, 4.69) is 34.6 Å². The summed E-state index contributed by atoms with van der Waals surface area (Å²) < 4.78 is 5.46. The van der Waals surface area contributed by atoms with E-state index in [4.69, 9.17) is 4.74 Å². The third kappa shape index (κ3) is 5.47. The van der Waals surface area contributed by atoms with E-state index in [1.54, 1.807) is 11.8 Å². The van der Waals surface area contributed by atoms with Gasteiger partial charge in [0.2, 0.25) is 0 Å². The third-order valence-electron chi connectivity index (χ3n) is 3.99. The minimum atomic E-state index is -0.232. The van der Waals surface area contributed by atoms with Gasteiger partial charge in [-0.25, -0.2) is 4.98 Å². The number of ether oxygens (including phenoxy) is 1. The summed E-state index contributed by atoms with van der Waals surface area (Å²) in [6.45, 7) is -0.0513. The van der Waals surface area contributed by atoms with Crippen molar-refractivity contribution in [2.45, 2.75) is 9.79 Å². The number of hydrogen-bond acceptors (Lipinski definition) is 5. The van der Waals surface area contributed by atoms with Gasteiger partial charge in [0.15, 0.2) is 11.7 Å². The molecule has 6 heteroatoms. The number of benzene rings is 3. The van der Waals surface area contributed by atoms with E-state index >= 15 is 0 Å². The number of thiazole rings is 1. The quantitative estimate of drug-likeness (QED) is 0.401. The van der Waals surface area contributed by atoms with E-state index in [0.29, 0.717) is 10.9 Å². The van der Waals surface area contributed by atoms with Crippen molar-refractivity contribution < 1.29 is 9.53 Å². The second kappa shape index (κ2) is 9.41. The monoisotopic (exact) mass is 418 g/mol. The highest BCUT2D eigenvalue weighted by atomic mass is 32.2. The van der Waals surface area contributed by atoms with Crippen molar-refractivity contribution in [1.82, 2.24) is 4.98 Å². The zero-order valence-corrected chi connectivity index (χ0v) is 17.1. The molecular weight excluding hydrogens is 400 g/mol. The number of para-hydroxylation sites is 1. The number of nitrogens with one attached hydrogen (secondary N) is 1. The Hall–Kier alpha value is -3.09. The van der Waals surface area contributed by atoms with E-state index in [0.717, 1.165) is 11.3 Å². The first-order valence-electron chi connectivity index (χ1n) is 9.03. The number of amides is 1. The van der Waals surface area contributed by atoms with Gasteiger partial charge >= 0.3 is 0 Å². The highest BCUT2D eigenvalue weighted by molar-refractivity contribution is 7.99. The molecule has 1 amide bonds. The van der Waals surface area contributed by atoms with E-state index < -0.39 is 0 Å². The Kier molecular flexibility index (Phi) is 6.24. The molecule has 29 heavy (non-hydrogen) atoms. The minimum Gasteiger partial charge on any atom is -0.484 e. The molecule has 0 spiro atoms. The standard InChI is InChI=1S/C23H18N2O2S2/c26-22(15-27-18-7-3-1-4-8-18)25-23-24-21(16-28-23)17-11-13-20(14-12-17)29-19-9-5-2-6-10-19/h1-14,16H,15H2,(H,24,25,26). The first-order valence-corrected chi connectivity index (χ1v) is 10.7. The molecule has 1 aromatic heterocycles. The number of nitrogens with zero attached hydrogens (tertiary/aromatic N) is 1. The van der Waals surface area contributed by atoms with E-state index in [1.165, 1.54) is 21.1 Å². The van der Waals surface area contributed by atoms with Crippen molar-refractivity contribution in [3.05, 3.63) is 90.3 Å². The molecule has 0 atom stereocenters. The van der Waals surface area contributed by atoms with E-state index in [1.807, 2.05) is 66.0 Å². The van der Waals surface area contributed by atoms with Crippen LogP contribution in [0, 0.1) is 0 Å². The van der Waals surface area contributed by atoms with Crippen molar-refractivity contribution >= 4 is 34.1 Å². The smallest absolute Gasteiger partial charge is 0.264 e. The van der Waals surface area contributed by atoms with E-state index in [-0.39, 0.29) is 12.5 Å². The van der Waals surface area contributed by atoms with Gasteiger partial charge in [0, 0.05) is 20.7 Å². The van der Waals surface area contributed by atoms with Crippen molar-refractivity contribution in [3.63, 3.8) is 0 Å². The average Bonchev–Trinajstić information content (AvgIpc) is 3.23. The maximum atomic E-state index is 12.1. The van der Waals surface area contributed by atoms with Crippen molar-refractivity contribution in [3.8, 4) is 17.0 Å². The SMILES string of the molecule is O=C(COc1ccccc1)Nc1nc(-c2ccc(Sc3ccccc3)cc2)cs1. The lowest BCUT2D eigenvalue weighted by atomic mass is 10.2. The molecule has 0 bridgehead atoms. The molecular formula is C23H18N2O2S2. The Balaban J connectivity index is 1.34. The molecule has 1 heterocycles. The molecule has 0 aliphatic carbocycles. The Morgan fingerprint density at radius 2 is 1.55 bits per heavy atom. The Labute approximate surface area is 177 Å². The van der Waals surface area contributed by atoms with Crippen LogP contribution in [-0.4, -0.2) is 17.5 Å². The lowest BCUT2D eigenvalue weighted by Gasteiger charge is -2.05. The molecule has 0 aliphatic heterocycles. The largest absolute Gasteiger partial charge is 0.484 e. The maximum Gasteiger partial charge on any atom is 0.264 e. The molecule has 0 unspecified atom stereocenters. The predicted molar refractivity (Wildman–Crippen MR) is 119 cm³/mol. The molecule has 144 valence electrons. The fourth-order valence-electron chi connectivity index (χ4n) is 2.60. The van der Waals surface area contributed by atoms with Crippen molar-refractivity contribution in [2.75, 3.05) is 11.9 Å². The highest BCUT2D eigenvalue weighted by Gasteiger charge is 2.09. The molecule has 4 nitrogen and oxygen atoms in total. The first kappa shape index (κ1) is 19.2. The molecule has 1 N–H and O–H groups in total. The lowest BCUT2D eigenvalue weighted by molar-refractivity contribution is -0.118. The summed E-state index contributed by atoms with van der Waals surface area (Å²) in [6, 6.07) is 27.8. The summed E-state index contributed by atoms with van der Waals surface area (Å²) in [7, 11) is 0. The molecule has 0 aliphatic rings. The molecule has 4 aromatic rings. The van der Waals surface area contributed by atoms with Crippen LogP contribution in [-0.2, 0) is 4.79 Å². The van der Waals surface area contributed by atoms with Crippen LogP contribution in [0.4, 0.5) is 5.13 Å². The molecule has 0 saturated carbocycles. The molecule has 0 radical (unpaired) electrons. The van der Waals surface area contributed by atoms with Gasteiger partial charge in [-0.2, -0.15) is 0 Å². The Bertz CT molecular complexity index is 1070.